The van der Waals surface area contributed by atoms with Gasteiger partial charge >= 0.3 is 0 Å². The number of benzene rings is 2. The molecule has 3 rings (SSSR count). The van der Waals surface area contributed by atoms with Crippen molar-refractivity contribution in [1.82, 2.24) is 0 Å². The van der Waals surface area contributed by atoms with E-state index in [1.165, 1.54) is 4.70 Å². The van der Waals surface area contributed by atoms with Crippen LogP contribution in [0.3, 0.4) is 0 Å². The molecular formula is C16H15NO2S. The Balaban J connectivity index is 1.81. The highest BCUT2D eigenvalue weighted by molar-refractivity contribution is 7.17. The van der Waals surface area contributed by atoms with Crippen molar-refractivity contribution >= 4 is 27.1 Å². The number of methoxy groups -OCH3 is 1. The van der Waals surface area contributed by atoms with Crippen LogP contribution in [0.15, 0.2) is 47.8 Å². The van der Waals surface area contributed by atoms with E-state index in [2.05, 4.69) is 5.38 Å². The van der Waals surface area contributed by atoms with E-state index in [1.54, 1.807) is 18.4 Å². The summed E-state index contributed by atoms with van der Waals surface area (Å²) in [5.41, 5.74) is 7.77. The Morgan fingerprint density at radius 3 is 2.80 bits per heavy atom. The molecule has 3 nitrogen and oxygen atoms in total. The minimum atomic E-state index is 0.524. The molecule has 0 fully saturated rings. The quantitative estimate of drug-likeness (QED) is 0.735. The van der Waals surface area contributed by atoms with Crippen LogP contribution in [0.25, 0.3) is 10.1 Å². The highest BCUT2D eigenvalue weighted by Crippen LogP contribution is 2.29. The predicted molar refractivity (Wildman–Crippen MR) is 83.6 cm³/mol. The summed E-state index contributed by atoms with van der Waals surface area (Å²) in [7, 11) is 1.65. The highest BCUT2D eigenvalue weighted by atomic mass is 32.1. The fraction of sp³-hybridized carbons (Fsp3) is 0.125. The molecule has 0 saturated heterocycles. The molecule has 0 saturated carbocycles. The second-order valence-electron chi connectivity index (χ2n) is 4.48. The molecule has 0 radical (unpaired) electrons. The molecule has 4 heteroatoms. The van der Waals surface area contributed by atoms with Crippen LogP contribution in [0.4, 0.5) is 5.69 Å². The third-order valence-corrected chi connectivity index (χ3v) is 4.13. The Kier molecular flexibility index (Phi) is 3.48. The van der Waals surface area contributed by atoms with Crippen molar-refractivity contribution in [3.63, 3.8) is 0 Å². The summed E-state index contributed by atoms with van der Waals surface area (Å²) in [6.07, 6.45) is 0. The largest absolute Gasteiger partial charge is 0.497 e. The van der Waals surface area contributed by atoms with Gasteiger partial charge in [-0.1, -0.05) is 6.07 Å². The molecular weight excluding hydrogens is 270 g/mol. The Morgan fingerprint density at radius 2 is 1.95 bits per heavy atom. The predicted octanol–water partition coefficient (Wildman–Crippen LogP) is 4.07. The molecule has 0 amide bonds. The van der Waals surface area contributed by atoms with Gasteiger partial charge in [0, 0.05) is 27.4 Å². The zero-order valence-electron chi connectivity index (χ0n) is 11.1. The van der Waals surface area contributed by atoms with Gasteiger partial charge < -0.3 is 15.2 Å². The molecule has 1 aromatic heterocycles. The van der Waals surface area contributed by atoms with Gasteiger partial charge in [-0.2, -0.15) is 0 Å². The van der Waals surface area contributed by atoms with Crippen LogP contribution in [-0.4, -0.2) is 7.11 Å². The van der Waals surface area contributed by atoms with Crippen molar-refractivity contribution in [2.75, 3.05) is 12.8 Å². The number of hydrogen-bond donors (Lipinski definition) is 1. The fourth-order valence-electron chi connectivity index (χ4n) is 2.06. The smallest absolute Gasteiger partial charge is 0.123 e. The molecule has 0 atom stereocenters. The van der Waals surface area contributed by atoms with Crippen LogP contribution < -0.4 is 15.2 Å². The van der Waals surface area contributed by atoms with Crippen molar-refractivity contribution in [3.05, 3.63) is 53.4 Å². The van der Waals surface area contributed by atoms with Gasteiger partial charge in [-0.25, -0.2) is 0 Å². The molecule has 3 aromatic rings. The maximum atomic E-state index is 5.84. The van der Waals surface area contributed by atoms with Crippen molar-refractivity contribution < 1.29 is 9.47 Å². The minimum absolute atomic E-state index is 0.524. The molecule has 0 unspecified atom stereocenters. The van der Waals surface area contributed by atoms with Crippen LogP contribution in [0.5, 0.6) is 11.5 Å². The number of fused-ring (bicyclic) bond motifs is 1. The van der Waals surface area contributed by atoms with Gasteiger partial charge in [0.15, 0.2) is 0 Å². The van der Waals surface area contributed by atoms with Gasteiger partial charge in [-0.3, -0.25) is 0 Å². The zero-order valence-corrected chi connectivity index (χ0v) is 11.9. The van der Waals surface area contributed by atoms with Crippen molar-refractivity contribution in [2.45, 2.75) is 6.61 Å². The minimum Gasteiger partial charge on any atom is -0.497 e. The van der Waals surface area contributed by atoms with E-state index in [9.17, 15) is 0 Å². The molecule has 0 spiro atoms. The summed E-state index contributed by atoms with van der Waals surface area (Å²) >= 11 is 1.71. The van der Waals surface area contributed by atoms with Crippen LogP contribution in [0.2, 0.25) is 0 Å². The summed E-state index contributed by atoms with van der Waals surface area (Å²) in [4.78, 5) is 0. The summed E-state index contributed by atoms with van der Waals surface area (Å²) in [6, 6.07) is 13.6. The Hall–Kier alpha value is -2.20. The highest BCUT2D eigenvalue weighted by Gasteiger charge is 2.05. The lowest BCUT2D eigenvalue weighted by atomic mass is 10.2. The van der Waals surface area contributed by atoms with Gasteiger partial charge in [-0.05, 0) is 35.7 Å². The summed E-state index contributed by atoms with van der Waals surface area (Å²) in [5, 5.41) is 3.28. The van der Waals surface area contributed by atoms with Crippen LogP contribution in [-0.2, 0) is 6.61 Å². The maximum Gasteiger partial charge on any atom is 0.123 e. The zero-order chi connectivity index (χ0) is 13.9. The van der Waals surface area contributed by atoms with E-state index in [0.29, 0.717) is 6.61 Å². The number of ether oxygens (including phenoxy) is 2. The first kappa shape index (κ1) is 12.8. The molecule has 2 aromatic carbocycles. The van der Waals surface area contributed by atoms with E-state index < -0.39 is 0 Å². The fourth-order valence-corrected chi connectivity index (χ4v) is 2.99. The molecule has 102 valence electrons. The van der Waals surface area contributed by atoms with E-state index in [0.717, 1.165) is 28.1 Å². The molecule has 0 aliphatic rings. The van der Waals surface area contributed by atoms with E-state index in [1.807, 2.05) is 42.5 Å². The van der Waals surface area contributed by atoms with Crippen LogP contribution in [0.1, 0.15) is 5.56 Å². The lowest BCUT2D eigenvalue weighted by Gasteiger charge is -2.07. The Bertz CT molecular complexity index is 736. The molecule has 0 bridgehead atoms. The SMILES string of the molecule is COc1cccc(OCc2csc3ccc(N)cc23)c1. The lowest BCUT2D eigenvalue weighted by Crippen LogP contribution is -1.95. The standard InChI is InChI=1S/C16H15NO2S/c1-18-13-3-2-4-14(8-13)19-9-11-10-20-16-6-5-12(17)7-15(11)16/h2-8,10H,9,17H2,1H3. The maximum absolute atomic E-state index is 5.84. The molecule has 20 heavy (non-hydrogen) atoms. The first-order valence-corrected chi connectivity index (χ1v) is 7.16. The monoisotopic (exact) mass is 285 g/mol. The van der Waals surface area contributed by atoms with Gasteiger partial charge in [0.2, 0.25) is 0 Å². The number of thiophene rings is 1. The Labute approximate surface area is 121 Å². The van der Waals surface area contributed by atoms with Crippen molar-refractivity contribution in [2.24, 2.45) is 0 Å². The summed E-state index contributed by atoms with van der Waals surface area (Å²) in [6.45, 7) is 0.524. The Morgan fingerprint density at radius 1 is 1.10 bits per heavy atom. The number of hydrogen-bond acceptors (Lipinski definition) is 4. The first-order chi connectivity index (χ1) is 9.76. The average Bonchev–Trinajstić information content (AvgIpc) is 2.87. The number of anilines is 1. The number of nitrogen functional groups attached to an aromatic ring is 1. The van der Waals surface area contributed by atoms with Gasteiger partial charge in [0.1, 0.15) is 18.1 Å². The third-order valence-electron chi connectivity index (χ3n) is 3.11. The number of nitrogens with two attached hydrogens (primary N) is 1. The van der Waals surface area contributed by atoms with Crippen LogP contribution >= 0.6 is 11.3 Å². The van der Waals surface area contributed by atoms with E-state index >= 15 is 0 Å². The first-order valence-electron chi connectivity index (χ1n) is 6.29. The van der Waals surface area contributed by atoms with Gasteiger partial charge in [0.05, 0.1) is 7.11 Å². The van der Waals surface area contributed by atoms with Gasteiger partial charge in [0.25, 0.3) is 0 Å². The second kappa shape index (κ2) is 5.43. The molecule has 0 aliphatic carbocycles. The molecule has 2 N–H and O–H groups in total. The molecule has 1 heterocycles. The van der Waals surface area contributed by atoms with Crippen molar-refractivity contribution in [3.8, 4) is 11.5 Å². The number of rotatable bonds is 4. The second-order valence-corrected chi connectivity index (χ2v) is 5.40. The average molecular weight is 285 g/mol. The summed E-state index contributed by atoms with van der Waals surface area (Å²) < 4.78 is 12.2. The van der Waals surface area contributed by atoms with Crippen molar-refractivity contribution in [1.29, 1.82) is 0 Å². The normalized spacial score (nSPS) is 10.7. The summed E-state index contributed by atoms with van der Waals surface area (Å²) in [5.74, 6) is 1.59. The van der Waals surface area contributed by atoms with Crippen LogP contribution in [0, 0.1) is 0 Å². The topological polar surface area (TPSA) is 44.5 Å². The molecule has 0 aliphatic heterocycles. The lowest BCUT2D eigenvalue weighted by molar-refractivity contribution is 0.305. The third kappa shape index (κ3) is 2.56. The van der Waals surface area contributed by atoms with Gasteiger partial charge in [-0.15, -0.1) is 11.3 Å². The van der Waals surface area contributed by atoms with E-state index in [4.69, 9.17) is 15.2 Å². The van der Waals surface area contributed by atoms with E-state index in [-0.39, 0.29) is 0 Å².